The predicted molar refractivity (Wildman–Crippen MR) is 80.8 cm³/mol. The van der Waals surface area contributed by atoms with E-state index in [9.17, 15) is 9.90 Å². The minimum absolute atomic E-state index is 0.308. The zero-order chi connectivity index (χ0) is 13.9. The molecule has 0 aliphatic carbocycles. The second-order valence-corrected chi connectivity index (χ2v) is 6.13. The average Bonchev–Trinajstić information content (AvgIpc) is 3.09. The van der Waals surface area contributed by atoms with Crippen LogP contribution in [0.3, 0.4) is 0 Å². The van der Waals surface area contributed by atoms with Crippen LogP contribution in [-0.2, 0) is 11.3 Å². The first-order valence-corrected chi connectivity index (χ1v) is 7.72. The fourth-order valence-corrected chi connectivity index (χ4v) is 3.66. The van der Waals surface area contributed by atoms with Gasteiger partial charge in [0, 0.05) is 11.4 Å². The van der Waals surface area contributed by atoms with Crippen LogP contribution in [-0.4, -0.2) is 28.6 Å². The number of carboxylic acid groups (broad SMARTS) is 1. The number of carboxylic acids is 1. The number of hydrogen-bond donors (Lipinski definition) is 1. The SMILES string of the molecule is O=C(O)[C@H]1CCCN1Cc1cc(-c2ccccc2)cs1. The van der Waals surface area contributed by atoms with Gasteiger partial charge in [0.1, 0.15) is 6.04 Å². The van der Waals surface area contributed by atoms with E-state index >= 15 is 0 Å². The van der Waals surface area contributed by atoms with Crippen LogP contribution in [0.25, 0.3) is 11.1 Å². The highest BCUT2D eigenvalue weighted by molar-refractivity contribution is 7.10. The average molecular weight is 287 g/mol. The number of carbonyl (C=O) groups is 1. The first-order valence-electron chi connectivity index (χ1n) is 6.84. The summed E-state index contributed by atoms with van der Waals surface area (Å²) in [6.07, 6.45) is 1.75. The lowest BCUT2D eigenvalue weighted by Crippen LogP contribution is -2.35. The van der Waals surface area contributed by atoms with Crippen LogP contribution in [0.2, 0.25) is 0 Å². The molecule has 3 nitrogen and oxygen atoms in total. The number of nitrogens with zero attached hydrogens (tertiary/aromatic N) is 1. The maximum Gasteiger partial charge on any atom is 0.320 e. The Morgan fingerprint density at radius 2 is 2.10 bits per heavy atom. The van der Waals surface area contributed by atoms with Crippen molar-refractivity contribution in [1.29, 1.82) is 0 Å². The first-order chi connectivity index (χ1) is 9.74. The van der Waals surface area contributed by atoms with E-state index in [0.717, 1.165) is 25.9 Å². The van der Waals surface area contributed by atoms with Gasteiger partial charge in [-0.2, -0.15) is 0 Å². The number of aliphatic carboxylic acids is 1. The van der Waals surface area contributed by atoms with Crippen LogP contribution in [0.5, 0.6) is 0 Å². The summed E-state index contributed by atoms with van der Waals surface area (Å²) in [6, 6.07) is 12.2. The van der Waals surface area contributed by atoms with Gasteiger partial charge in [-0.05, 0) is 42.0 Å². The molecule has 0 spiro atoms. The van der Waals surface area contributed by atoms with Gasteiger partial charge in [-0.1, -0.05) is 30.3 Å². The first kappa shape index (κ1) is 13.3. The summed E-state index contributed by atoms with van der Waals surface area (Å²) in [4.78, 5) is 14.5. The fourth-order valence-electron chi connectivity index (χ4n) is 2.74. The highest BCUT2D eigenvalue weighted by Gasteiger charge is 2.30. The molecule has 0 bridgehead atoms. The van der Waals surface area contributed by atoms with E-state index in [1.54, 1.807) is 11.3 Å². The van der Waals surface area contributed by atoms with E-state index < -0.39 is 5.97 Å². The molecule has 20 heavy (non-hydrogen) atoms. The van der Waals surface area contributed by atoms with Gasteiger partial charge in [0.15, 0.2) is 0 Å². The third kappa shape index (κ3) is 2.76. The standard InChI is InChI=1S/C16H17NO2S/c18-16(19)15-7-4-8-17(15)10-14-9-13(11-20-14)12-5-2-1-3-6-12/h1-3,5-6,9,11,15H,4,7-8,10H2,(H,18,19)/t15-/m1/s1. The van der Waals surface area contributed by atoms with Crippen LogP contribution >= 0.6 is 11.3 Å². The molecule has 1 aromatic heterocycles. The minimum atomic E-state index is -0.692. The van der Waals surface area contributed by atoms with Crippen molar-refractivity contribution in [3.63, 3.8) is 0 Å². The molecule has 104 valence electrons. The van der Waals surface area contributed by atoms with E-state index in [4.69, 9.17) is 0 Å². The van der Waals surface area contributed by atoms with Gasteiger partial charge in [0.2, 0.25) is 0 Å². The predicted octanol–water partition coefficient (Wildman–Crippen LogP) is 3.46. The van der Waals surface area contributed by atoms with Gasteiger partial charge in [-0.25, -0.2) is 0 Å². The Balaban J connectivity index is 1.73. The van der Waals surface area contributed by atoms with Crippen molar-refractivity contribution in [1.82, 2.24) is 4.90 Å². The van der Waals surface area contributed by atoms with Crippen molar-refractivity contribution in [2.75, 3.05) is 6.54 Å². The number of likely N-dealkylation sites (tertiary alicyclic amines) is 1. The molecule has 1 N–H and O–H groups in total. The van der Waals surface area contributed by atoms with Gasteiger partial charge >= 0.3 is 5.97 Å². The van der Waals surface area contributed by atoms with Gasteiger partial charge in [0.25, 0.3) is 0 Å². The van der Waals surface area contributed by atoms with E-state index in [2.05, 4.69) is 28.5 Å². The summed E-state index contributed by atoms with van der Waals surface area (Å²) in [5, 5.41) is 11.4. The molecule has 1 fully saturated rings. The van der Waals surface area contributed by atoms with E-state index in [1.807, 2.05) is 18.2 Å². The molecule has 0 saturated carbocycles. The zero-order valence-corrected chi connectivity index (χ0v) is 12.0. The van der Waals surface area contributed by atoms with E-state index in [1.165, 1.54) is 16.0 Å². The number of rotatable bonds is 4. The van der Waals surface area contributed by atoms with Crippen LogP contribution in [0, 0.1) is 0 Å². The molecule has 0 unspecified atom stereocenters. The maximum atomic E-state index is 11.2. The number of hydrogen-bond acceptors (Lipinski definition) is 3. The summed E-state index contributed by atoms with van der Waals surface area (Å²) in [6.45, 7) is 1.63. The maximum absolute atomic E-state index is 11.2. The second-order valence-electron chi connectivity index (χ2n) is 5.13. The van der Waals surface area contributed by atoms with Crippen molar-refractivity contribution in [3.05, 3.63) is 46.7 Å². The van der Waals surface area contributed by atoms with Gasteiger partial charge in [-0.3, -0.25) is 9.69 Å². The second kappa shape index (κ2) is 5.77. The summed E-state index contributed by atoms with van der Waals surface area (Å²) < 4.78 is 0. The van der Waals surface area contributed by atoms with Crippen molar-refractivity contribution in [2.24, 2.45) is 0 Å². The monoisotopic (exact) mass is 287 g/mol. The van der Waals surface area contributed by atoms with Gasteiger partial charge in [-0.15, -0.1) is 11.3 Å². The molecule has 1 aromatic carbocycles. The normalized spacial score (nSPS) is 19.3. The largest absolute Gasteiger partial charge is 0.480 e. The van der Waals surface area contributed by atoms with Crippen molar-refractivity contribution in [2.45, 2.75) is 25.4 Å². The van der Waals surface area contributed by atoms with Crippen molar-refractivity contribution in [3.8, 4) is 11.1 Å². The molecule has 0 amide bonds. The Morgan fingerprint density at radius 3 is 2.85 bits per heavy atom. The van der Waals surface area contributed by atoms with E-state index in [-0.39, 0.29) is 6.04 Å². The summed E-state index contributed by atoms with van der Waals surface area (Å²) in [5.41, 5.74) is 2.43. The molecule has 1 aliphatic heterocycles. The Bertz CT molecular complexity index is 594. The van der Waals surface area contributed by atoms with Crippen molar-refractivity contribution < 1.29 is 9.90 Å². The molecule has 1 saturated heterocycles. The molecule has 1 atom stereocenters. The molecular formula is C16H17NO2S. The number of benzene rings is 1. The minimum Gasteiger partial charge on any atom is -0.480 e. The Labute approximate surface area is 122 Å². The topological polar surface area (TPSA) is 40.5 Å². The lowest BCUT2D eigenvalue weighted by atomic mass is 10.1. The Hall–Kier alpha value is -1.65. The van der Waals surface area contributed by atoms with Crippen molar-refractivity contribution >= 4 is 17.3 Å². The molecule has 2 heterocycles. The molecule has 3 rings (SSSR count). The molecule has 1 aliphatic rings. The summed E-state index contributed by atoms with van der Waals surface area (Å²) >= 11 is 1.71. The van der Waals surface area contributed by atoms with E-state index in [0.29, 0.717) is 0 Å². The Morgan fingerprint density at radius 1 is 1.30 bits per heavy atom. The lowest BCUT2D eigenvalue weighted by Gasteiger charge is -2.19. The Kier molecular flexibility index (Phi) is 3.85. The van der Waals surface area contributed by atoms with Crippen LogP contribution in [0.1, 0.15) is 17.7 Å². The third-order valence-electron chi connectivity index (χ3n) is 3.77. The quantitative estimate of drug-likeness (QED) is 0.936. The molecule has 0 radical (unpaired) electrons. The summed E-state index contributed by atoms with van der Waals surface area (Å²) in [5.74, 6) is -0.692. The van der Waals surface area contributed by atoms with Crippen LogP contribution in [0.15, 0.2) is 41.8 Å². The van der Waals surface area contributed by atoms with Crippen LogP contribution in [0.4, 0.5) is 0 Å². The molecule has 2 aromatic rings. The van der Waals surface area contributed by atoms with Crippen LogP contribution < -0.4 is 0 Å². The highest BCUT2D eigenvalue weighted by atomic mass is 32.1. The van der Waals surface area contributed by atoms with Gasteiger partial charge in [0.05, 0.1) is 0 Å². The molecular weight excluding hydrogens is 270 g/mol. The third-order valence-corrected chi connectivity index (χ3v) is 4.69. The summed E-state index contributed by atoms with van der Waals surface area (Å²) in [7, 11) is 0. The highest BCUT2D eigenvalue weighted by Crippen LogP contribution is 2.28. The molecule has 4 heteroatoms. The smallest absolute Gasteiger partial charge is 0.320 e. The lowest BCUT2D eigenvalue weighted by molar-refractivity contribution is -0.142. The fraction of sp³-hybridized carbons (Fsp3) is 0.312. The van der Waals surface area contributed by atoms with Gasteiger partial charge < -0.3 is 5.11 Å². The number of thiophene rings is 1. The zero-order valence-electron chi connectivity index (χ0n) is 11.2.